The van der Waals surface area contributed by atoms with Crippen LogP contribution in [-0.4, -0.2) is 6.54 Å². The van der Waals surface area contributed by atoms with E-state index in [1.165, 1.54) is 25.7 Å². The summed E-state index contributed by atoms with van der Waals surface area (Å²) in [6, 6.07) is 0. The van der Waals surface area contributed by atoms with Gasteiger partial charge in [0.15, 0.2) is 0 Å². The summed E-state index contributed by atoms with van der Waals surface area (Å²) in [6.45, 7) is 5.60. The Hall–Kier alpha value is -0.340. The zero-order chi connectivity index (χ0) is 11.3. The topological polar surface area (TPSA) is 26.0 Å². The van der Waals surface area contributed by atoms with Gasteiger partial charge in [-0.3, -0.25) is 0 Å². The fraction of sp³-hybridized carbons (Fsp3) is 0.714. The van der Waals surface area contributed by atoms with Gasteiger partial charge in [0.2, 0.25) is 0 Å². The Morgan fingerprint density at radius 3 is 2.81 bits per heavy atom. The maximum atomic E-state index is 5.89. The van der Waals surface area contributed by atoms with E-state index in [0.717, 1.165) is 12.5 Å². The molecule has 2 N–H and O–H groups in total. The summed E-state index contributed by atoms with van der Waals surface area (Å²) in [4.78, 5) is 1.67. The number of hydrogen-bond acceptors (Lipinski definition) is 2. The lowest BCUT2D eigenvalue weighted by Crippen LogP contribution is -2.05. The fourth-order valence-electron chi connectivity index (χ4n) is 3.58. The standard InChI is InChI=1S/C14H21NS/c1-14(2)11(7-15)13(14)10-8-16-12-6-4-3-5-9(10)12/h8,11,13H,3-7,15H2,1-2H3/t11-,13-/m1/s1. The van der Waals surface area contributed by atoms with Gasteiger partial charge in [-0.05, 0) is 66.0 Å². The molecule has 2 atom stereocenters. The first-order valence-corrected chi connectivity index (χ1v) is 7.33. The van der Waals surface area contributed by atoms with Gasteiger partial charge in [-0.15, -0.1) is 11.3 Å². The second-order valence-electron chi connectivity index (χ2n) is 5.94. The third kappa shape index (κ3) is 1.39. The second-order valence-corrected chi connectivity index (χ2v) is 6.91. The number of fused-ring (bicyclic) bond motifs is 1. The Bertz CT molecular complexity index is 405. The molecule has 1 heterocycles. The highest BCUT2D eigenvalue weighted by Crippen LogP contribution is 2.65. The molecule has 0 aliphatic heterocycles. The van der Waals surface area contributed by atoms with Crippen molar-refractivity contribution in [3.05, 3.63) is 21.4 Å². The van der Waals surface area contributed by atoms with Crippen molar-refractivity contribution in [2.45, 2.75) is 45.4 Å². The second kappa shape index (κ2) is 3.58. The van der Waals surface area contributed by atoms with Crippen LogP contribution in [0.2, 0.25) is 0 Å². The van der Waals surface area contributed by atoms with Crippen molar-refractivity contribution in [3.8, 4) is 0 Å². The molecule has 0 amide bonds. The molecule has 2 aliphatic rings. The summed E-state index contributed by atoms with van der Waals surface area (Å²) < 4.78 is 0. The molecule has 1 aromatic rings. The molecular weight excluding hydrogens is 214 g/mol. The Labute approximate surface area is 102 Å². The van der Waals surface area contributed by atoms with Gasteiger partial charge in [-0.25, -0.2) is 0 Å². The van der Waals surface area contributed by atoms with E-state index in [9.17, 15) is 0 Å². The predicted octanol–water partition coefficient (Wildman–Crippen LogP) is 3.33. The molecule has 1 nitrogen and oxygen atoms in total. The van der Waals surface area contributed by atoms with E-state index in [1.807, 2.05) is 11.3 Å². The van der Waals surface area contributed by atoms with E-state index in [4.69, 9.17) is 5.73 Å². The SMILES string of the molecule is CC1(C)[C@H](CN)[C@H]1c1csc2c1CCCC2. The molecule has 16 heavy (non-hydrogen) atoms. The molecular formula is C14H21NS. The van der Waals surface area contributed by atoms with Crippen LogP contribution in [0.5, 0.6) is 0 Å². The lowest BCUT2D eigenvalue weighted by atomic mass is 9.92. The number of rotatable bonds is 2. The summed E-state index contributed by atoms with van der Waals surface area (Å²) in [6.07, 6.45) is 5.41. The predicted molar refractivity (Wildman–Crippen MR) is 70.0 cm³/mol. The highest BCUT2D eigenvalue weighted by molar-refractivity contribution is 7.10. The van der Waals surface area contributed by atoms with Crippen molar-refractivity contribution in [2.24, 2.45) is 17.1 Å². The van der Waals surface area contributed by atoms with Crippen molar-refractivity contribution in [1.29, 1.82) is 0 Å². The third-order valence-corrected chi connectivity index (χ3v) is 5.84. The van der Waals surface area contributed by atoms with E-state index >= 15 is 0 Å². The third-order valence-electron chi connectivity index (χ3n) is 4.73. The zero-order valence-electron chi connectivity index (χ0n) is 10.3. The van der Waals surface area contributed by atoms with Gasteiger partial charge in [0.25, 0.3) is 0 Å². The van der Waals surface area contributed by atoms with Gasteiger partial charge >= 0.3 is 0 Å². The smallest absolute Gasteiger partial charge is 0.00801 e. The van der Waals surface area contributed by atoms with Crippen LogP contribution in [-0.2, 0) is 12.8 Å². The summed E-state index contributed by atoms with van der Waals surface area (Å²) in [7, 11) is 0. The van der Waals surface area contributed by atoms with Crippen LogP contribution in [0.3, 0.4) is 0 Å². The summed E-state index contributed by atoms with van der Waals surface area (Å²) in [5.41, 5.74) is 9.68. The van der Waals surface area contributed by atoms with Crippen molar-refractivity contribution in [2.75, 3.05) is 6.54 Å². The molecule has 1 saturated carbocycles. The lowest BCUT2D eigenvalue weighted by molar-refractivity contribution is 0.558. The van der Waals surface area contributed by atoms with Crippen molar-refractivity contribution >= 4 is 11.3 Å². The molecule has 0 spiro atoms. The van der Waals surface area contributed by atoms with Gasteiger partial charge in [0.1, 0.15) is 0 Å². The summed E-state index contributed by atoms with van der Waals surface area (Å²) in [5, 5.41) is 2.43. The van der Waals surface area contributed by atoms with E-state index < -0.39 is 0 Å². The minimum absolute atomic E-state index is 0.445. The molecule has 0 saturated heterocycles. The van der Waals surface area contributed by atoms with Crippen LogP contribution in [0.4, 0.5) is 0 Å². The number of aryl methyl sites for hydroxylation is 1. The van der Waals surface area contributed by atoms with E-state index in [0.29, 0.717) is 11.3 Å². The summed E-state index contributed by atoms with van der Waals surface area (Å²) >= 11 is 1.99. The highest BCUT2D eigenvalue weighted by atomic mass is 32.1. The molecule has 0 radical (unpaired) electrons. The maximum absolute atomic E-state index is 5.89. The van der Waals surface area contributed by atoms with Crippen LogP contribution in [0.15, 0.2) is 5.38 Å². The van der Waals surface area contributed by atoms with Gasteiger partial charge in [0.05, 0.1) is 0 Å². The van der Waals surface area contributed by atoms with Gasteiger partial charge < -0.3 is 5.73 Å². The van der Waals surface area contributed by atoms with Gasteiger partial charge in [-0.1, -0.05) is 13.8 Å². The van der Waals surface area contributed by atoms with Crippen LogP contribution >= 0.6 is 11.3 Å². The average molecular weight is 235 g/mol. The van der Waals surface area contributed by atoms with Crippen molar-refractivity contribution < 1.29 is 0 Å². The molecule has 0 bridgehead atoms. The lowest BCUT2D eigenvalue weighted by Gasteiger charge is -2.13. The Morgan fingerprint density at radius 1 is 1.38 bits per heavy atom. The Kier molecular flexibility index (Phi) is 2.41. The first kappa shape index (κ1) is 10.8. The largest absolute Gasteiger partial charge is 0.330 e. The van der Waals surface area contributed by atoms with E-state index in [2.05, 4.69) is 19.2 Å². The van der Waals surface area contributed by atoms with Crippen molar-refractivity contribution in [3.63, 3.8) is 0 Å². The number of nitrogens with two attached hydrogens (primary N) is 1. The van der Waals surface area contributed by atoms with Crippen molar-refractivity contribution in [1.82, 2.24) is 0 Å². The van der Waals surface area contributed by atoms with Crippen LogP contribution in [0.25, 0.3) is 0 Å². The quantitative estimate of drug-likeness (QED) is 0.836. The first-order chi connectivity index (χ1) is 7.66. The average Bonchev–Trinajstić information content (AvgIpc) is 2.66. The van der Waals surface area contributed by atoms with Gasteiger partial charge in [0, 0.05) is 4.88 Å². The van der Waals surface area contributed by atoms with Crippen LogP contribution < -0.4 is 5.73 Å². The van der Waals surface area contributed by atoms with E-state index in [-0.39, 0.29) is 0 Å². The maximum Gasteiger partial charge on any atom is 0.00801 e. The number of thiophene rings is 1. The summed E-state index contributed by atoms with van der Waals surface area (Å²) in [5.74, 6) is 1.46. The Balaban J connectivity index is 1.94. The molecule has 3 rings (SSSR count). The monoisotopic (exact) mass is 235 g/mol. The van der Waals surface area contributed by atoms with Crippen LogP contribution in [0, 0.1) is 11.3 Å². The molecule has 2 aliphatic carbocycles. The zero-order valence-corrected chi connectivity index (χ0v) is 11.1. The highest BCUT2D eigenvalue weighted by Gasteiger charge is 2.58. The normalized spacial score (nSPS) is 31.2. The molecule has 0 aromatic carbocycles. The molecule has 88 valence electrons. The van der Waals surface area contributed by atoms with Gasteiger partial charge in [-0.2, -0.15) is 0 Å². The fourth-order valence-corrected chi connectivity index (χ4v) is 4.76. The molecule has 0 unspecified atom stereocenters. The molecule has 2 heteroatoms. The molecule has 1 aromatic heterocycles. The minimum Gasteiger partial charge on any atom is -0.330 e. The number of hydrogen-bond donors (Lipinski definition) is 1. The van der Waals surface area contributed by atoms with E-state index in [1.54, 1.807) is 16.0 Å². The van der Waals surface area contributed by atoms with Crippen LogP contribution in [0.1, 0.15) is 48.6 Å². The molecule has 1 fully saturated rings. The minimum atomic E-state index is 0.445. The Morgan fingerprint density at radius 2 is 2.12 bits per heavy atom. The first-order valence-electron chi connectivity index (χ1n) is 6.45.